The lowest BCUT2D eigenvalue weighted by Crippen LogP contribution is -2.04. The van der Waals surface area contributed by atoms with Gasteiger partial charge in [-0.3, -0.25) is 10.1 Å². The molecule has 0 aliphatic rings. The molecule has 1 aromatic carbocycles. The lowest BCUT2D eigenvalue weighted by Gasteiger charge is -2.07. The monoisotopic (exact) mass is 325 g/mol. The molecule has 0 aliphatic heterocycles. The predicted molar refractivity (Wildman–Crippen MR) is 72.3 cm³/mol. The highest BCUT2D eigenvalue weighted by Crippen LogP contribution is 2.25. The van der Waals surface area contributed by atoms with E-state index in [-0.39, 0.29) is 11.4 Å². The first-order valence-electron chi connectivity index (χ1n) is 5.35. The second-order valence-corrected chi connectivity index (χ2v) is 4.54. The minimum Gasteiger partial charge on any atom is -0.374 e. The fourth-order valence-corrected chi connectivity index (χ4v) is 1.92. The number of pyridine rings is 1. The van der Waals surface area contributed by atoms with Gasteiger partial charge in [0.1, 0.15) is 16.1 Å². The second-order valence-electron chi connectivity index (χ2n) is 3.72. The average molecular weight is 326 g/mol. The Morgan fingerprint density at radius 1 is 1.37 bits per heavy atom. The van der Waals surface area contributed by atoms with Crippen LogP contribution in [0.1, 0.15) is 5.69 Å². The largest absolute Gasteiger partial charge is 0.374 e. The molecule has 0 spiro atoms. The van der Waals surface area contributed by atoms with E-state index in [1.54, 1.807) is 12.1 Å². The molecule has 0 radical (unpaired) electrons. The normalized spacial score (nSPS) is 10.2. The number of nitrogens with one attached hydrogen (secondary N) is 1. The number of nitrogens with zero attached hydrogens (tertiary/aromatic N) is 2. The van der Waals surface area contributed by atoms with Crippen LogP contribution >= 0.6 is 15.9 Å². The molecule has 0 aliphatic carbocycles. The van der Waals surface area contributed by atoms with E-state index < -0.39 is 10.7 Å². The zero-order chi connectivity index (χ0) is 13.8. The Labute approximate surface area is 116 Å². The highest BCUT2D eigenvalue weighted by atomic mass is 79.9. The topological polar surface area (TPSA) is 68.1 Å². The second kappa shape index (κ2) is 5.75. The van der Waals surface area contributed by atoms with E-state index in [0.29, 0.717) is 16.8 Å². The summed E-state index contributed by atoms with van der Waals surface area (Å²) in [6.45, 7) is 0.311. The Kier molecular flexibility index (Phi) is 4.06. The molecule has 5 nitrogen and oxygen atoms in total. The van der Waals surface area contributed by atoms with Crippen LogP contribution in [-0.4, -0.2) is 9.91 Å². The number of aromatic nitrogens is 1. The van der Waals surface area contributed by atoms with Gasteiger partial charge in [-0.2, -0.15) is 0 Å². The third kappa shape index (κ3) is 3.47. The fraction of sp³-hybridized carbons (Fsp3) is 0.0833. The van der Waals surface area contributed by atoms with Crippen molar-refractivity contribution >= 4 is 27.3 Å². The highest BCUT2D eigenvalue weighted by Gasteiger charge is 2.14. The van der Waals surface area contributed by atoms with Crippen LogP contribution in [0, 0.1) is 15.9 Å². The maximum absolute atomic E-state index is 13.0. The van der Waals surface area contributed by atoms with E-state index in [1.807, 2.05) is 6.07 Å². The summed E-state index contributed by atoms with van der Waals surface area (Å²) >= 11 is 3.24. The van der Waals surface area contributed by atoms with Crippen LogP contribution in [-0.2, 0) is 6.54 Å². The van der Waals surface area contributed by atoms with Crippen LogP contribution in [0.15, 0.2) is 41.0 Å². The van der Waals surface area contributed by atoms with Crippen molar-refractivity contribution in [3.8, 4) is 0 Å². The van der Waals surface area contributed by atoms with Crippen molar-refractivity contribution < 1.29 is 9.31 Å². The van der Waals surface area contributed by atoms with Crippen molar-refractivity contribution in [2.24, 2.45) is 0 Å². The Hall–Kier alpha value is -2.02. The van der Waals surface area contributed by atoms with E-state index in [1.165, 1.54) is 12.1 Å². The van der Waals surface area contributed by atoms with Crippen molar-refractivity contribution in [1.82, 2.24) is 4.98 Å². The van der Waals surface area contributed by atoms with E-state index in [2.05, 4.69) is 26.2 Å². The van der Waals surface area contributed by atoms with Gasteiger partial charge in [-0.1, -0.05) is 6.07 Å². The van der Waals surface area contributed by atoms with E-state index in [0.717, 1.165) is 6.07 Å². The van der Waals surface area contributed by atoms with Gasteiger partial charge in [-0.15, -0.1) is 0 Å². The van der Waals surface area contributed by atoms with Gasteiger partial charge in [-0.25, -0.2) is 9.37 Å². The molecule has 19 heavy (non-hydrogen) atoms. The first-order chi connectivity index (χ1) is 9.06. The van der Waals surface area contributed by atoms with Gasteiger partial charge >= 0.3 is 0 Å². The summed E-state index contributed by atoms with van der Waals surface area (Å²) in [5.74, 6) is -0.641. The lowest BCUT2D eigenvalue weighted by molar-refractivity contribution is -0.384. The maximum atomic E-state index is 13.0. The van der Waals surface area contributed by atoms with Gasteiger partial charge in [0.15, 0.2) is 0 Å². The summed E-state index contributed by atoms with van der Waals surface area (Å²) in [5, 5.41) is 13.7. The van der Waals surface area contributed by atoms with Crippen molar-refractivity contribution in [1.29, 1.82) is 0 Å². The smallest absolute Gasteiger partial charge is 0.295 e. The number of hydrogen-bond acceptors (Lipinski definition) is 4. The molecule has 7 heteroatoms. The highest BCUT2D eigenvalue weighted by molar-refractivity contribution is 9.10. The first kappa shape index (κ1) is 13.4. The third-order valence-corrected chi connectivity index (χ3v) is 2.83. The molecule has 0 amide bonds. The molecule has 0 fully saturated rings. The van der Waals surface area contributed by atoms with Crippen LogP contribution in [0.3, 0.4) is 0 Å². The molecule has 0 saturated heterocycles. The number of rotatable bonds is 4. The molecule has 98 valence electrons. The predicted octanol–water partition coefficient (Wildman–Crippen LogP) is 3.50. The summed E-state index contributed by atoms with van der Waals surface area (Å²) in [4.78, 5) is 14.4. The first-order valence-corrected chi connectivity index (χ1v) is 6.15. The minimum absolute atomic E-state index is 0.258. The molecule has 2 aromatic rings. The van der Waals surface area contributed by atoms with Gasteiger partial charge in [0.05, 0.1) is 23.2 Å². The molecule has 2 rings (SSSR count). The van der Waals surface area contributed by atoms with E-state index in [4.69, 9.17) is 0 Å². The quantitative estimate of drug-likeness (QED) is 0.530. The van der Waals surface area contributed by atoms with Gasteiger partial charge in [0.25, 0.3) is 5.69 Å². The Morgan fingerprint density at radius 2 is 2.16 bits per heavy atom. The van der Waals surface area contributed by atoms with Crippen molar-refractivity contribution in [2.45, 2.75) is 6.54 Å². The summed E-state index contributed by atoms with van der Waals surface area (Å²) in [6, 6.07) is 8.77. The minimum atomic E-state index is -0.641. The molecular weight excluding hydrogens is 317 g/mol. The molecule has 1 heterocycles. The molecular formula is C12H9BrFN3O2. The van der Waals surface area contributed by atoms with Crippen LogP contribution in [0.2, 0.25) is 0 Å². The van der Waals surface area contributed by atoms with Gasteiger partial charge in [0.2, 0.25) is 0 Å². The van der Waals surface area contributed by atoms with Crippen molar-refractivity contribution in [3.63, 3.8) is 0 Å². The molecule has 0 bridgehead atoms. The summed E-state index contributed by atoms with van der Waals surface area (Å²) in [5.41, 5.74) is 0.677. The summed E-state index contributed by atoms with van der Waals surface area (Å²) in [6.07, 6.45) is 0. The standard InChI is InChI=1S/C12H9BrFN3O2/c13-12-3-1-2-9(16-12)7-15-10-5-4-8(14)6-11(10)17(18)19/h1-6,15H,7H2. The molecule has 0 saturated carbocycles. The number of nitro benzene ring substituents is 1. The van der Waals surface area contributed by atoms with Crippen molar-refractivity contribution in [2.75, 3.05) is 5.32 Å². The lowest BCUT2D eigenvalue weighted by atomic mass is 10.2. The molecule has 0 atom stereocenters. The number of halogens is 2. The van der Waals surface area contributed by atoms with Crippen LogP contribution in [0.4, 0.5) is 15.8 Å². The van der Waals surface area contributed by atoms with Crippen molar-refractivity contribution in [3.05, 3.63) is 62.6 Å². The number of nitro groups is 1. The van der Waals surface area contributed by atoms with E-state index in [9.17, 15) is 14.5 Å². The van der Waals surface area contributed by atoms with E-state index >= 15 is 0 Å². The SMILES string of the molecule is O=[N+]([O-])c1cc(F)ccc1NCc1cccc(Br)n1. The summed E-state index contributed by atoms with van der Waals surface area (Å²) in [7, 11) is 0. The third-order valence-electron chi connectivity index (χ3n) is 2.39. The number of benzene rings is 1. The van der Waals surface area contributed by atoms with Gasteiger partial charge in [-0.05, 0) is 40.2 Å². The number of hydrogen-bond donors (Lipinski definition) is 1. The summed E-state index contributed by atoms with van der Waals surface area (Å²) < 4.78 is 13.7. The zero-order valence-corrected chi connectivity index (χ0v) is 11.2. The van der Waals surface area contributed by atoms with Crippen LogP contribution in [0.5, 0.6) is 0 Å². The zero-order valence-electron chi connectivity index (χ0n) is 9.64. The van der Waals surface area contributed by atoms with Gasteiger partial charge in [0, 0.05) is 0 Å². The Bertz CT molecular complexity index is 622. The van der Waals surface area contributed by atoms with Crippen LogP contribution < -0.4 is 5.32 Å². The average Bonchev–Trinajstić information content (AvgIpc) is 2.37. The molecule has 0 unspecified atom stereocenters. The van der Waals surface area contributed by atoms with Gasteiger partial charge < -0.3 is 5.32 Å². The van der Waals surface area contributed by atoms with Crippen LogP contribution in [0.25, 0.3) is 0 Å². The Balaban J connectivity index is 2.17. The fourth-order valence-electron chi connectivity index (χ4n) is 1.54. The number of anilines is 1. The maximum Gasteiger partial charge on any atom is 0.295 e. The molecule has 1 N–H and O–H groups in total. The Morgan fingerprint density at radius 3 is 2.84 bits per heavy atom. The molecule has 1 aromatic heterocycles.